The summed E-state index contributed by atoms with van der Waals surface area (Å²) in [6.07, 6.45) is 0. The van der Waals surface area contributed by atoms with Gasteiger partial charge in [0.25, 0.3) is 0 Å². The van der Waals surface area contributed by atoms with Crippen LogP contribution in [-0.4, -0.2) is 4.57 Å². The van der Waals surface area contributed by atoms with Gasteiger partial charge in [-0.1, -0.05) is 269 Å². The van der Waals surface area contributed by atoms with Crippen molar-refractivity contribution in [3.05, 3.63) is 379 Å². The van der Waals surface area contributed by atoms with E-state index in [1.54, 1.807) is 0 Å². The Bertz CT molecular complexity index is 4760. The minimum atomic E-state index is 0.0559. The van der Waals surface area contributed by atoms with Gasteiger partial charge in [0.15, 0.2) is 0 Å². The molecule has 15 aromatic rings. The maximum Gasteiger partial charge on any atom is 0.0541 e. The highest BCUT2D eigenvalue weighted by Gasteiger charge is 2.35. The second kappa shape index (κ2) is 28.2. The SMILES string of the molecule is CC1(C)c2ccccc2-c2ccc(Nc3ccccc3)cc21.Ic1ccc2c(c1)c1ccccc1n2-c1ccccc1.c1ccc(-c2ccc(Nc3ccc(-c4ccccc4)cc3)cc2)cc1.c1ccc(Nc2ccc(-c3ccc(-c4ccccc4)cc3)cc2)cc1. The molecule has 14 aromatic carbocycles. The molecular weight excluding hydrogens is 1230 g/mol. The normalized spacial score (nSPS) is 11.5. The molecule has 92 heavy (non-hydrogen) atoms. The van der Waals surface area contributed by atoms with E-state index in [4.69, 9.17) is 0 Å². The van der Waals surface area contributed by atoms with E-state index in [-0.39, 0.29) is 5.41 Å². The number of hydrogen-bond donors (Lipinski definition) is 3. The van der Waals surface area contributed by atoms with Gasteiger partial charge in [0.2, 0.25) is 0 Å². The van der Waals surface area contributed by atoms with Crippen LogP contribution in [0.1, 0.15) is 25.0 Å². The summed E-state index contributed by atoms with van der Waals surface area (Å²) in [5.41, 5.74) is 25.8. The molecule has 0 atom stereocenters. The lowest BCUT2D eigenvalue weighted by molar-refractivity contribution is 0.660. The fourth-order valence-corrected chi connectivity index (χ4v) is 12.6. The molecule has 4 nitrogen and oxygen atoms in total. The molecule has 0 radical (unpaired) electrons. The van der Waals surface area contributed by atoms with Gasteiger partial charge >= 0.3 is 0 Å². The zero-order valence-corrected chi connectivity index (χ0v) is 53.6. The molecule has 0 unspecified atom stereocenters. The number of para-hydroxylation sites is 4. The second-order valence-corrected chi connectivity index (χ2v) is 24.5. The van der Waals surface area contributed by atoms with Gasteiger partial charge in [-0.15, -0.1) is 0 Å². The first-order valence-corrected chi connectivity index (χ1v) is 32.3. The summed E-state index contributed by atoms with van der Waals surface area (Å²) in [4.78, 5) is 0. The Hall–Kier alpha value is -11.0. The number of rotatable bonds is 11. The molecule has 0 aliphatic heterocycles. The molecule has 1 heterocycles. The van der Waals surface area contributed by atoms with Crippen molar-refractivity contribution in [2.75, 3.05) is 16.0 Å². The number of benzene rings is 14. The lowest BCUT2D eigenvalue weighted by Gasteiger charge is -2.22. The fraction of sp³-hybridized carbons (Fsp3) is 0.0345. The summed E-state index contributed by atoms with van der Waals surface area (Å²) in [6.45, 7) is 4.62. The average molecular weight is 1300 g/mol. The van der Waals surface area contributed by atoms with E-state index < -0.39 is 0 Å². The van der Waals surface area contributed by atoms with Crippen molar-refractivity contribution in [3.63, 3.8) is 0 Å². The topological polar surface area (TPSA) is 41.0 Å². The third-order valence-corrected chi connectivity index (χ3v) is 17.5. The average Bonchev–Trinajstić information content (AvgIpc) is 1.61. The third kappa shape index (κ3) is 14.0. The monoisotopic (exact) mass is 1300 g/mol. The highest BCUT2D eigenvalue weighted by Crippen LogP contribution is 2.49. The van der Waals surface area contributed by atoms with Gasteiger partial charge in [-0.2, -0.15) is 0 Å². The first-order chi connectivity index (χ1) is 45.3. The molecule has 1 aliphatic rings. The summed E-state index contributed by atoms with van der Waals surface area (Å²) >= 11 is 2.38. The maximum atomic E-state index is 3.50. The largest absolute Gasteiger partial charge is 0.356 e. The first-order valence-electron chi connectivity index (χ1n) is 31.2. The van der Waals surface area contributed by atoms with E-state index >= 15 is 0 Å². The van der Waals surface area contributed by atoms with Crippen molar-refractivity contribution in [3.8, 4) is 61.3 Å². The van der Waals surface area contributed by atoms with Gasteiger partial charge in [-0.05, 0) is 199 Å². The van der Waals surface area contributed by atoms with Crippen molar-refractivity contribution >= 4 is 78.5 Å². The van der Waals surface area contributed by atoms with Crippen molar-refractivity contribution in [2.24, 2.45) is 0 Å². The molecule has 0 saturated heterocycles. The van der Waals surface area contributed by atoms with Crippen LogP contribution in [0.4, 0.5) is 34.1 Å². The molecule has 1 aromatic heterocycles. The number of nitrogens with zero attached hydrogens (tertiary/aromatic N) is 1. The number of aromatic nitrogens is 1. The highest BCUT2D eigenvalue weighted by molar-refractivity contribution is 14.1. The molecule has 5 heteroatoms. The van der Waals surface area contributed by atoms with Crippen LogP contribution in [0.5, 0.6) is 0 Å². The second-order valence-electron chi connectivity index (χ2n) is 23.3. The molecule has 0 amide bonds. The molecule has 0 spiro atoms. The molecule has 0 saturated carbocycles. The first kappa shape index (κ1) is 59.9. The molecule has 16 rings (SSSR count). The number of hydrogen-bond acceptors (Lipinski definition) is 3. The molecule has 3 N–H and O–H groups in total. The van der Waals surface area contributed by atoms with E-state index in [1.165, 1.54) is 97.8 Å². The number of halogens is 1. The lowest BCUT2D eigenvalue weighted by atomic mass is 9.82. The summed E-state index contributed by atoms with van der Waals surface area (Å²) in [5, 5.41) is 13.0. The summed E-state index contributed by atoms with van der Waals surface area (Å²) < 4.78 is 3.60. The van der Waals surface area contributed by atoms with Crippen molar-refractivity contribution in [2.45, 2.75) is 19.3 Å². The smallest absolute Gasteiger partial charge is 0.0541 e. The van der Waals surface area contributed by atoms with Crippen LogP contribution in [0.3, 0.4) is 0 Å². The van der Waals surface area contributed by atoms with Gasteiger partial charge in [0.1, 0.15) is 0 Å². The van der Waals surface area contributed by atoms with E-state index in [9.17, 15) is 0 Å². The quantitative estimate of drug-likeness (QED) is 0.113. The zero-order chi connectivity index (χ0) is 62.5. The zero-order valence-electron chi connectivity index (χ0n) is 51.5. The number of nitrogens with one attached hydrogen (secondary N) is 3. The minimum Gasteiger partial charge on any atom is -0.356 e. The summed E-state index contributed by atoms with van der Waals surface area (Å²) in [6, 6.07) is 127. The van der Waals surface area contributed by atoms with Crippen LogP contribution >= 0.6 is 22.6 Å². The molecule has 444 valence electrons. The van der Waals surface area contributed by atoms with E-state index in [0.29, 0.717) is 0 Å². The molecule has 0 fully saturated rings. The van der Waals surface area contributed by atoms with Crippen LogP contribution in [0.15, 0.2) is 364 Å². The number of fused-ring (bicyclic) bond motifs is 6. The Labute approximate surface area is 554 Å². The maximum absolute atomic E-state index is 3.50. The Kier molecular flexibility index (Phi) is 18.4. The van der Waals surface area contributed by atoms with Gasteiger partial charge in [-0.25, -0.2) is 0 Å². The van der Waals surface area contributed by atoms with Gasteiger partial charge in [-0.3, -0.25) is 0 Å². The minimum absolute atomic E-state index is 0.0559. The summed E-state index contributed by atoms with van der Waals surface area (Å²) in [7, 11) is 0. The molecular formula is C87H69IN4. The third-order valence-electron chi connectivity index (χ3n) is 16.8. The van der Waals surface area contributed by atoms with Crippen molar-refractivity contribution in [1.82, 2.24) is 4.57 Å². The molecule has 1 aliphatic carbocycles. The predicted molar refractivity (Wildman–Crippen MR) is 401 cm³/mol. The van der Waals surface area contributed by atoms with E-state index in [0.717, 1.165) is 34.1 Å². The lowest BCUT2D eigenvalue weighted by Crippen LogP contribution is -2.15. The standard InChI is InChI=1S/2C24H19N.C21H19N.C18H12IN/c1-3-7-19(8-4-1)21-11-15-23(16-12-21)25-24-17-13-22(14-18-24)20-9-5-2-6-10-20;1-3-7-19(8-4-1)20-11-13-21(14-12-20)22-15-17-24(18-16-22)25-23-9-5-2-6-10-23;1-21(2)19-11-7-6-10-17(19)18-13-12-16(14-20(18)21)22-15-8-4-3-5-9-15;19-13-10-11-18-16(12-13)15-8-4-5-9-17(15)20(18)14-6-2-1-3-7-14/h2*1-18,25H;3-14,22H,1-2H3;1-12H. The Morgan fingerprint density at radius 2 is 0.576 bits per heavy atom. The van der Waals surface area contributed by atoms with Crippen LogP contribution in [0, 0.1) is 3.57 Å². The Morgan fingerprint density at radius 1 is 0.250 bits per heavy atom. The van der Waals surface area contributed by atoms with Crippen molar-refractivity contribution in [1.29, 1.82) is 0 Å². The van der Waals surface area contributed by atoms with Crippen LogP contribution in [0.2, 0.25) is 0 Å². The van der Waals surface area contributed by atoms with Crippen LogP contribution < -0.4 is 16.0 Å². The van der Waals surface area contributed by atoms with Gasteiger partial charge in [0.05, 0.1) is 11.0 Å². The van der Waals surface area contributed by atoms with Crippen molar-refractivity contribution < 1.29 is 0 Å². The summed E-state index contributed by atoms with van der Waals surface area (Å²) in [5.74, 6) is 0. The Morgan fingerprint density at radius 3 is 1.04 bits per heavy atom. The Balaban J connectivity index is 0.000000112. The molecule has 0 bridgehead atoms. The number of anilines is 6. The van der Waals surface area contributed by atoms with E-state index in [1.807, 2.05) is 42.5 Å². The van der Waals surface area contributed by atoms with Crippen LogP contribution in [-0.2, 0) is 5.41 Å². The van der Waals surface area contributed by atoms with Crippen LogP contribution in [0.25, 0.3) is 83.1 Å². The fourth-order valence-electron chi connectivity index (χ4n) is 12.1. The predicted octanol–water partition coefficient (Wildman–Crippen LogP) is 24.7. The van der Waals surface area contributed by atoms with Gasteiger partial charge in [0, 0.05) is 59.6 Å². The van der Waals surface area contributed by atoms with Gasteiger partial charge < -0.3 is 20.5 Å². The van der Waals surface area contributed by atoms with E-state index in [2.05, 4.69) is 378 Å². The highest BCUT2D eigenvalue weighted by atomic mass is 127.